The van der Waals surface area contributed by atoms with Crippen molar-refractivity contribution in [3.8, 4) is 0 Å². The van der Waals surface area contributed by atoms with Crippen LogP contribution in [0.15, 0.2) is 24.3 Å². The first-order valence-electron chi connectivity index (χ1n) is 6.83. The van der Waals surface area contributed by atoms with E-state index in [1.165, 1.54) is 10.9 Å². The van der Waals surface area contributed by atoms with E-state index in [2.05, 4.69) is 34.7 Å². The van der Waals surface area contributed by atoms with E-state index in [9.17, 15) is 4.79 Å². The maximum Gasteiger partial charge on any atom is 0.237 e. The molecule has 3 N–H and O–H groups in total. The van der Waals surface area contributed by atoms with Gasteiger partial charge in [-0.25, -0.2) is 0 Å². The Hall–Kier alpha value is -1.81. The van der Waals surface area contributed by atoms with Gasteiger partial charge in [0, 0.05) is 23.1 Å². The molecule has 1 amide bonds. The fraction of sp³-hybridized carbons (Fsp3) is 0.400. The molecular weight excluding hydrogens is 238 g/mol. The van der Waals surface area contributed by atoms with Gasteiger partial charge in [0.2, 0.25) is 5.91 Å². The Bertz CT molecular complexity index is 596. The molecule has 19 heavy (non-hydrogen) atoms. The van der Waals surface area contributed by atoms with Crippen molar-refractivity contribution < 1.29 is 4.79 Å². The molecule has 1 fully saturated rings. The second-order valence-corrected chi connectivity index (χ2v) is 5.14. The molecule has 0 aliphatic carbocycles. The van der Waals surface area contributed by atoms with Gasteiger partial charge in [0.05, 0.1) is 6.04 Å². The van der Waals surface area contributed by atoms with Crippen molar-refractivity contribution >= 4 is 16.8 Å². The predicted octanol–water partition coefficient (Wildman–Crippen LogP) is 1.84. The molecule has 0 bridgehead atoms. The maximum atomic E-state index is 12.0. The Kier molecular flexibility index (Phi) is 3.25. The summed E-state index contributed by atoms with van der Waals surface area (Å²) in [6.07, 6.45) is 2.03. The molecule has 1 aromatic carbocycles. The quantitative estimate of drug-likeness (QED) is 0.786. The van der Waals surface area contributed by atoms with Crippen molar-refractivity contribution in [2.75, 3.05) is 6.54 Å². The molecule has 1 atom stereocenters. The van der Waals surface area contributed by atoms with Crippen LogP contribution in [0.25, 0.3) is 10.9 Å². The van der Waals surface area contributed by atoms with Gasteiger partial charge >= 0.3 is 0 Å². The van der Waals surface area contributed by atoms with E-state index in [-0.39, 0.29) is 11.9 Å². The smallest absolute Gasteiger partial charge is 0.237 e. The van der Waals surface area contributed by atoms with Gasteiger partial charge in [0.25, 0.3) is 0 Å². The largest absolute Gasteiger partial charge is 0.358 e. The number of aryl methyl sites for hydroxylation is 1. The van der Waals surface area contributed by atoms with Crippen LogP contribution in [0.2, 0.25) is 0 Å². The summed E-state index contributed by atoms with van der Waals surface area (Å²) in [5, 5.41) is 7.45. The van der Waals surface area contributed by atoms with E-state index in [0.717, 1.165) is 30.6 Å². The molecular formula is C15H19N3O. The molecule has 2 heterocycles. The topological polar surface area (TPSA) is 56.9 Å². The average molecular weight is 257 g/mol. The Balaban J connectivity index is 1.74. The Morgan fingerprint density at radius 1 is 1.42 bits per heavy atom. The van der Waals surface area contributed by atoms with Crippen LogP contribution in [0, 0.1) is 6.92 Å². The molecule has 1 unspecified atom stereocenters. The van der Waals surface area contributed by atoms with Crippen LogP contribution in [-0.2, 0) is 11.3 Å². The maximum absolute atomic E-state index is 12.0. The number of aromatic nitrogens is 1. The van der Waals surface area contributed by atoms with Gasteiger partial charge in [-0.2, -0.15) is 0 Å². The van der Waals surface area contributed by atoms with Gasteiger partial charge in [0.1, 0.15) is 0 Å². The van der Waals surface area contributed by atoms with Gasteiger partial charge in [-0.05, 0) is 37.9 Å². The third-order valence-electron chi connectivity index (χ3n) is 3.84. The molecule has 1 aliphatic rings. The average Bonchev–Trinajstić information content (AvgIpc) is 3.03. The lowest BCUT2D eigenvalue weighted by Crippen LogP contribution is -2.40. The molecule has 0 spiro atoms. The number of nitrogens with one attached hydrogen (secondary N) is 3. The third kappa shape index (κ3) is 2.36. The van der Waals surface area contributed by atoms with Crippen LogP contribution in [0.1, 0.15) is 24.1 Å². The van der Waals surface area contributed by atoms with Crippen molar-refractivity contribution in [1.29, 1.82) is 0 Å². The molecule has 3 rings (SSSR count). The van der Waals surface area contributed by atoms with Crippen LogP contribution in [-0.4, -0.2) is 23.5 Å². The highest BCUT2D eigenvalue weighted by molar-refractivity contribution is 5.86. The lowest BCUT2D eigenvalue weighted by molar-refractivity contribution is -0.122. The number of fused-ring (bicyclic) bond motifs is 1. The molecule has 4 nitrogen and oxygen atoms in total. The first kappa shape index (κ1) is 12.2. The molecule has 0 saturated carbocycles. The number of aromatic amines is 1. The Labute approximate surface area is 112 Å². The number of benzene rings is 1. The van der Waals surface area contributed by atoms with Gasteiger partial charge in [0.15, 0.2) is 0 Å². The van der Waals surface area contributed by atoms with E-state index in [0.29, 0.717) is 6.54 Å². The van der Waals surface area contributed by atoms with Crippen LogP contribution in [0.4, 0.5) is 0 Å². The van der Waals surface area contributed by atoms with Gasteiger partial charge in [-0.15, -0.1) is 0 Å². The number of para-hydroxylation sites is 1. The van der Waals surface area contributed by atoms with E-state index >= 15 is 0 Å². The normalized spacial score (nSPS) is 18.9. The minimum Gasteiger partial charge on any atom is -0.358 e. The van der Waals surface area contributed by atoms with E-state index in [1.54, 1.807) is 0 Å². The highest BCUT2D eigenvalue weighted by Crippen LogP contribution is 2.21. The number of carbonyl (C=O) groups is 1. The van der Waals surface area contributed by atoms with Crippen molar-refractivity contribution in [3.63, 3.8) is 0 Å². The predicted molar refractivity (Wildman–Crippen MR) is 75.9 cm³/mol. The van der Waals surface area contributed by atoms with Gasteiger partial charge in [-0.1, -0.05) is 18.2 Å². The highest BCUT2D eigenvalue weighted by Gasteiger charge is 2.21. The molecule has 100 valence electrons. The van der Waals surface area contributed by atoms with Crippen LogP contribution < -0.4 is 10.6 Å². The van der Waals surface area contributed by atoms with Crippen molar-refractivity contribution in [3.05, 3.63) is 35.5 Å². The second kappa shape index (κ2) is 5.05. The third-order valence-corrected chi connectivity index (χ3v) is 3.84. The van der Waals surface area contributed by atoms with Gasteiger partial charge in [-0.3, -0.25) is 4.79 Å². The van der Waals surface area contributed by atoms with Crippen molar-refractivity contribution in [2.45, 2.75) is 32.4 Å². The lowest BCUT2D eigenvalue weighted by atomic mass is 10.1. The summed E-state index contributed by atoms with van der Waals surface area (Å²) in [5.41, 5.74) is 3.44. The standard InChI is InChI=1S/C15H19N3O/c1-10-12(11-5-2-3-6-13(11)18-10)9-17-15(19)14-7-4-8-16-14/h2-3,5-6,14,16,18H,4,7-9H2,1H3,(H,17,19). The molecule has 1 aromatic heterocycles. The Morgan fingerprint density at radius 3 is 3.05 bits per heavy atom. The molecule has 1 saturated heterocycles. The summed E-state index contributed by atoms with van der Waals surface area (Å²) in [6.45, 7) is 3.59. The number of hydrogen-bond acceptors (Lipinski definition) is 2. The number of amides is 1. The minimum absolute atomic E-state index is 0.00879. The van der Waals surface area contributed by atoms with Crippen LogP contribution >= 0.6 is 0 Å². The van der Waals surface area contributed by atoms with Crippen LogP contribution in [0.3, 0.4) is 0 Å². The number of hydrogen-bond donors (Lipinski definition) is 3. The molecule has 4 heteroatoms. The lowest BCUT2D eigenvalue weighted by Gasteiger charge is -2.11. The second-order valence-electron chi connectivity index (χ2n) is 5.14. The highest BCUT2D eigenvalue weighted by atomic mass is 16.2. The summed E-state index contributed by atoms with van der Waals surface area (Å²) < 4.78 is 0. The number of H-pyrrole nitrogens is 1. The van der Waals surface area contributed by atoms with E-state index in [1.807, 2.05) is 12.1 Å². The molecule has 2 aromatic rings. The monoisotopic (exact) mass is 257 g/mol. The zero-order valence-electron chi connectivity index (χ0n) is 11.1. The first-order chi connectivity index (χ1) is 9.25. The van der Waals surface area contributed by atoms with Crippen LogP contribution in [0.5, 0.6) is 0 Å². The summed E-state index contributed by atoms with van der Waals surface area (Å²) in [6, 6.07) is 8.19. The summed E-state index contributed by atoms with van der Waals surface area (Å²) in [7, 11) is 0. The number of rotatable bonds is 3. The van der Waals surface area contributed by atoms with E-state index < -0.39 is 0 Å². The summed E-state index contributed by atoms with van der Waals surface area (Å²) in [4.78, 5) is 15.4. The fourth-order valence-electron chi connectivity index (χ4n) is 2.77. The van der Waals surface area contributed by atoms with E-state index in [4.69, 9.17) is 0 Å². The summed E-state index contributed by atoms with van der Waals surface area (Å²) >= 11 is 0. The molecule has 1 aliphatic heterocycles. The van der Waals surface area contributed by atoms with Crippen molar-refractivity contribution in [1.82, 2.24) is 15.6 Å². The molecule has 0 radical (unpaired) electrons. The zero-order chi connectivity index (χ0) is 13.2. The SMILES string of the molecule is Cc1[nH]c2ccccc2c1CNC(=O)C1CCCN1. The first-order valence-corrected chi connectivity index (χ1v) is 6.83. The Morgan fingerprint density at radius 2 is 2.26 bits per heavy atom. The minimum atomic E-state index is -0.00879. The van der Waals surface area contributed by atoms with Gasteiger partial charge < -0.3 is 15.6 Å². The number of carbonyl (C=O) groups excluding carboxylic acids is 1. The fourth-order valence-corrected chi connectivity index (χ4v) is 2.77. The zero-order valence-corrected chi connectivity index (χ0v) is 11.1. The summed E-state index contributed by atoms with van der Waals surface area (Å²) in [5.74, 6) is 0.113. The van der Waals surface area contributed by atoms with Crippen molar-refractivity contribution in [2.24, 2.45) is 0 Å².